The molecule has 3 rings (SSSR count). The van der Waals surface area contributed by atoms with Gasteiger partial charge in [-0.1, -0.05) is 30.3 Å². The number of alkyl halides is 2. The third-order valence-corrected chi connectivity index (χ3v) is 4.31. The summed E-state index contributed by atoms with van der Waals surface area (Å²) in [6.45, 7) is 1.46. The third kappa shape index (κ3) is 2.41. The molecule has 0 aromatic heterocycles. The van der Waals surface area contributed by atoms with Crippen LogP contribution < -0.4 is 0 Å². The molecule has 2 fully saturated rings. The van der Waals surface area contributed by atoms with Gasteiger partial charge in [0.2, 0.25) is 0 Å². The van der Waals surface area contributed by atoms with Crippen molar-refractivity contribution >= 4 is 5.78 Å². The highest BCUT2D eigenvalue weighted by Crippen LogP contribution is 2.44. The highest BCUT2D eigenvalue weighted by molar-refractivity contribution is 5.83. The van der Waals surface area contributed by atoms with E-state index < -0.39 is 17.8 Å². The zero-order valence-corrected chi connectivity index (χ0v) is 10.7. The van der Waals surface area contributed by atoms with Crippen molar-refractivity contribution in [3.05, 3.63) is 35.9 Å². The van der Waals surface area contributed by atoms with Crippen LogP contribution in [0.3, 0.4) is 0 Å². The van der Waals surface area contributed by atoms with Gasteiger partial charge in [0.15, 0.2) is 0 Å². The first-order valence-corrected chi connectivity index (χ1v) is 6.73. The fourth-order valence-corrected chi connectivity index (χ4v) is 3.27. The molecule has 4 heteroatoms. The number of benzene rings is 1. The summed E-state index contributed by atoms with van der Waals surface area (Å²) in [4.78, 5) is 13.8. The molecule has 2 nitrogen and oxygen atoms in total. The molecule has 19 heavy (non-hydrogen) atoms. The number of likely N-dealkylation sites (tertiary alicyclic amines) is 1. The zero-order chi connectivity index (χ0) is 13.5. The van der Waals surface area contributed by atoms with Crippen LogP contribution in [0.15, 0.2) is 30.3 Å². The molecule has 1 aliphatic carbocycles. The van der Waals surface area contributed by atoms with E-state index in [9.17, 15) is 13.6 Å². The molecule has 0 radical (unpaired) electrons. The Morgan fingerprint density at radius 1 is 1.21 bits per heavy atom. The zero-order valence-electron chi connectivity index (χ0n) is 10.7. The predicted molar refractivity (Wildman–Crippen MR) is 67.9 cm³/mol. The van der Waals surface area contributed by atoms with Gasteiger partial charge in [-0.2, -0.15) is 0 Å². The van der Waals surface area contributed by atoms with Gasteiger partial charge in [0.05, 0.1) is 0 Å². The molecule has 0 spiro atoms. The van der Waals surface area contributed by atoms with E-state index in [4.69, 9.17) is 0 Å². The molecule has 1 heterocycles. The fraction of sp³-hybridized carbons (Fsp3) is 0.533. The number of carbonyl (C=O) groups excluding carboxylic acids is 1. The van der Waals surface area contributed by atoms with Crippen LogP contribution in [0.1, 0.15) is 18.4 Å². The maximum absolute atomic E-state index is 13.9. The Kier molecular flexibility index (Phi) is 3.13. The molecular formula is C15H17F2NO. The van der Waals surface area contributed by atoms with Crippen LogP contribution in [0.5, 0.6) is 0 Å². The molecule has 102 valence electrons. The first kappa shape index (κ1) is 12.7. The molecule has 1 aliphatic heterocycles. The van der Waals surface area contributed by atoms with Crippen molar-refractivity contribution in [1.82, 2.24) is 4.90 Å². The maximum Gasteiger partial charge on any atom is 0.253 e. The van der Waals surface area contributed by atoms with Gasteiger partial charge in [0, 0.05) is 44.3 Å². The molecular weight excluding hydrogens is 248 g/mol. The SMILES string of the molecule is O=C1CCC(F)(F)C2CN(Cc3ccccc3)CC12. The minimum Gasteiger partial charge on any atom is -0.299 e. The molecule has 1 aromatic carbocycles. The van der Waals surface area contributed by atoms with E-state index in [-0.39, 0.29) is 18.6 Å². The van der Waals surface area contributed by atoms with Gasteiger partial charge in [-0.25, -0.2) is 8.78 Å². The van der Waals surface area contributed by atoms with Crippen molar-refractivity contribution in [2.45, 2.75) is 25.3 Å². The van der Waals surface area contributed by atoms with Crippen LogP contribution in [-0.4, -0.2) is 29.7 Å². The lowest BCUT2D eigenvalue weighted by atomic mass is 9.78. The lowest BCUT2D eigenvalue weighted by molar-refractivity contribution is -0.143. The van der Waals surface area contributed by atoms with Crippen LogP contribution in [0.4, 0.5) is 8.78 Å². The minimum atomic E-state index is -2.68. The van der Waals surface area contributed by atoms with Crippen LogP contribution in [-0.2, 0) is 11.3 Å². The first-order valence-electron chi connectivity index (χ1n) is 6.73. The maximum atomic E-state index is 13.9. The van der Waals surface area contributed by atoms with Gasteiger partial charge >= 0.3 is 0 Å². The molecule has 0 bridgehead atoms. The molecule has 0 amide bonds. The molecule has 1 aromatic rings. The van der Waals surface area contributed by atoms with Crippen LogP contribution >= 0.6 is 0 Å². The number of ketones is 1. The van der Waals surface area contributed by atoms with E-state index >= 15 is 0 Å². The number of fused-ring (bicyclic) bond motifs is 1. The lowest BCUT2D eigenvalue weighted by Gasteiger charge is -2.31. The van der Waals surface area contributed by atoms with Crippen LogP contribution in [0.2, 0.25) is 0 Å². The quantitative estimate of drug-likeness (QED) is 0.819. The summed E-state index contributed by atoms with van der Waals surface area (Å²) in [5.41, 5.74) is 1.11. The van der Waals surface area contributed by atoms with E-state index in [1.165, 1.54) is 0 Å². The average Bonchev–Trinajstić information content (AvgIpc) is 2.81. The Hall–Kier alpha value is -1.29. The van der Waals surface area contributed by atoms with E-state index in [1.807, 2.05) is 35.2 Å². The van der Waals surface area contributed by atoms with Gasteiger partial charge in [-0.3, -0.25) is 9.69 Å². The summed E-state index contributed by atoms with van der Waals surface area (Å²) in [5.74, 6) is -3.90. The average molecular weight is 265 g/mol. The Bertz CT molecular complexity index is 474. The highest BCUT2D eigenvalue weighted by atomic mass is 19.3. The van der Waals surface area contributed by atoms with E-state index in [0.29, 0.717) is 19.6 Å². The molecule has 2 aliphatic rings. The molecule has 1 saturated carbocycles. The lowest BCUT2D eigenvalue weighted by Crippen LogP contribution is -2.42. The van der Waals surface area contributed by atoms with Crippen molar-refractivity contribution in [1.29, 1.82) is 0 Å². The number of hydrogen-bond donors (Lipinski definition) is 0. The Morgan fingerprint density at radius 3 is 2.63 bits per heavy atom. The van der Waals surface area contributed by atoms with Crippen molar-refractivity contribution in [3.63, 3.8) is 0 Å². The van der Waals surface area contributed by atoms with Gasteiger partial charge in [-0.15, -0.1) is 0 Å². The normalized spacial score (nSPS) is 30.3. The minimum absolute atomic E-state index is 0.0199. The number of hydrogen-bond acceptors (Lipinski definition) is 2. The second kappa shape index (κ2) is 4.67. The van der Waals surface area contributed by atoms with Crippen molar-refractivity contribution in [2.24, 2.45) is 11.8 Å². The van der Waals surface area contributed by atoms with Crippen LogP contribution in [0, 0.1) is 11.8 Å². The Labute approximate surface area is 111 Å². The predicted octanol–water partition coefficient (Wildman–Crippen LogP) is 2.73. The largest absolute Gasteiger partial charge is 0.299 e. The summed E-state index contributed by atoms with van der Waals surface area (Å²) in [7, 11) is 0. The first-order chi connectivity index (χ1) is 9.06. The second-order valence-electron chi connectivity index (χ2n) is 5.62. The van der Waals surface area contributed by atoms with Gasteiger partial charge in [0.25, 0.3) is 5.92 Å². The standard InChI is InChI=1S/C15H17F2NO/c16-15(17)7-6-14(19)12-9-18(10-13(12)15)8-11-4-2-1-3-5-11/h1-5,12-13H,6-10H2. The third-order valence-electron chi connectivity index (χ3n) is 4.31. The number of halogens is 2. The molecule has 0 N–H and O–H groups in total. The number of carbonyl (C=O) groups is 1. The smallest absolute Gasteiger partial charge is 0.253 e. The van der Waals surface area contributed by atoms with Crippen LogP contribution in [0.25, 0.3) is 0 Å². The summed E-state index contributed by atoms with van der Waals surface area (Å²) in [6.07, 6.45) is -0.237. The van der Waals surface area contributed by atoms with E-state index in [1.54, 1.807) is 0 Å². The van der Waals surface area contributed by atoms with E-state index in [0.717, 1.165) is 5.56 Å². The Morgan fingerprint density at radius 2 is 1.95 bits per heavy atom. The van der Waals surface area contributed by atoms with Crippen molar-refractivity contribution in [2.75, 3.05) is 13.1 Å². The Balaban J connectivity index is 1.73. The highest BCUT2D eigenvalue weighted by Gasteiger charge is 2.54. The van der Waals surface area contributed by atoms with Crippen molar-refractivity contribution < 1.29 is 13.6 Å². The number of rotatable bonds is 2. The summed E-state index contributed by atoms with van der Waals surface area (Å²) in [6, 6.07) is 9.80. The number of Topliss-reactive ketones (excluding diaryl/α,β-unsaturated/α-hetero) is 1. The second-order valence-corrected chi connectivity index (χ2v) is 5.62. The van der Waals surface area contributed by atoms with Crippen molar-refractivity contribution in [3.8, 4) is 0 Å². The molecule has 2 unspecified atom stereocenters. The fourth-order valence-electron chi connectivity index (χ4n) is 3.27. The summed E-state index contributed by atoms with van der Waals surface area (Å²) >= 11 is 0. The van der Waals surface area contributed by atoms with Gasteiger partial charge < -0.3 is 0 Å². The molecule has 2 atom stereocenters. The van der Waals surface area contributed by atoms with E-state index in [2.05, 4.69) is 0 Å². The molecule has 1 saturated heterocycles. The monoisotopic (exact) mass is 265 g/mol. The number of nitrogens with zero attached hydrogens (tertiary/aromatic N) is 1. The summed E-state index contributed by atoms with van der Waals surface area (Å²) < 4.78 is 27.7. The van der Waals surface area contributed by atoms with Gasteiger partial charge in [-0.05, 0) is 5.56 Å². The van der Waals surface area contributed by atoms with Gasteiger partial charge in [0.1, 0.15) is 5.78 Å². The summed E-state index contributed by atoms with van der Waals surface area (Å²) in [5, 5.41) is 0. The topological polar surface area (TPSA) is 20.3 Å².